The van der Waals surface area contributed by atoms with E-state index in [0.717, 1.165) is 0 Å². The van der Waals surface area contributed by atoms with Gasteiger partial charge in [-0.05, 0) is 24.3 Å². The maximum absolute atomic E-state index is 11.3. The van der Waals surface area contributed by atoms with Gasteiger partial charge < -0.3 is 10.0 Å². The van der Waals surface area contributed by atoms with Crippen molar-refractivity contribution in [2.24, 2.45) is 0 Å². The molecular formula is C9H10NO2. The number of carbonyl (C=O) groups is 1. The van der Waals surface area contributed by atoms with Crippen molar-refractivity contribution in [3.8, 4) is 5.75 Å². The summed E-state index contributed by atoms with van der Waals surface area (Å²) in [6.45, 7) is 0. The first-order chi connectivity index (χ1) is 5.61. The van der Waals surface area contributed by atoms with Gasteiger partial charge in [-0.25, -0.2) is 0 Å². The van der Waals surface area contributed by atoms with Crippen LogP contribution in [-0.4, -0.2) is 30.0 Å². The van der Waals surface area contributed by atoms with Crippen LogP contribution >= 0.6 is 0 Å². The molecule has 0 unspecified atom stereocenters. The Morgan fingerprint density at radius 3 is 2.67 bits per heavy atom. The second-order valence-corrected chi connectivity index (χ2v) is 2.68. The third-order valence-electron chi connectivity index (χ3n) is 1.43. The molecule has 0 saturated carbocycles. The van der Waals surface area contributed by atoms with E-state index in [1.54, 1.807) is 20.2 Å². The number of nitrogens with zero attached hydrogens (tertiary/aromatic N) is 1. The molecule has 1 N–H and O–H groups in total. The second-order valence-electron chi connectivity index (χ2n) is 2.68. The van der Waals surface area contributed by atoms with Gasteiger partial charge in [0.1, 0.15) is 5.75 Å². The van der Waals surface area contributed by atoms with Gasteiger partial charge in [-0.2, -0.15) is 0 Å². The quantitative estimate of drug-likeness (QED) is 0.669. The third-order valence-corrected chi connectivity index (χ3v) is 1.43. The van der Waals surface area contributed by atoms with Crippen molar-refractivity contribution in [1.82, 2.24) is 4.90 Å². The zero-order valence-electron chi connectivity index (χ0n) is 7.03. The number of benzene rings is 1. The van der Waals surface area contributed by atoms with Gasteiger partial charge in [-0.3, -0.25) is 4.79 Å². The largest absolute Gasteiger partial charge is 0.508 e. The van der Waals surface area contributed by atoms with Crippen molar-refractivity contribution in [1.29, 1.82) is 0 Å². The monoisotopic (exact) mass is 164 g/mol. The topological polar surface area (TPSA) is 40.5 Å². The SMILES string of the molecule is CN(C)C(=O)c1c[c]cc(O)c1. The lowest BCUT2D eigenvalue weighted by molar-refractivity contribution is 0.0827. The average molecular weight is 164 g/mol. The van der Waals surface area contributed by atoms with Crippen molar-refractivity contribution >= 4 is 5.91 Å². The van der Waals surface area contributed by atoms with E-state index in [9.17, 15) is 4.79 Å². The Morgan fingerprint density at radius 2 is 2.17 bits per heavy atom. The molecule has 1 amide bonds. The molecule has 0 heterocycles. The van der Waals surface area contributed by atoms with Crippen LogP contribution in [0, 0.1) is 6.07 Å². The zero-order chi connectivity index (χ0) is 9.14. The minimum Gasteiger partial charge on any atom is -0.508 e. The normalized spacial score (nSPS) is 9.50. The van der Waals surface area contributed by atoms with E-state index in [0.29, 0.717) is 5.56 Å². The predicted molar refractivity (Wildman–Crippen MR) is 45.0 cm³/mol. The first-order valence-electron chi connectivity index (χ1n) is 3.53. The highest BCUT2D eigenvalue weighted by Gasteiger charge is 2.07. The van der Waals surface area contributed by atoms with Crippen LogP contribution in [0.15, 0.2) is 18.2 Å². The Balaban J connectivity index is 2.96. The van der Waals surface area contributed by atoms with E-state index in [1.807, 2.05) is 0 Å². The summed E-state index contributed by atoms with van der Waals surface area (Å²) in [5, 5.41) is 9.04. The number of rotatable bonds is 1. The Labute approximate surface area is 71.2 Å². The maximum Gasteiger partial charge on any atom is 0.253 e. The summed E-state index contributed by atoms with van der Waals surface area (Å²) in [5.41, 5.74) is 0.444. The molecule has 0 atom stereocenters. The highest BCUT2D eigenvalue weighted by molar-refractivity contribution is 5.94. The predicted octanol–water partition coefficient (Wildman–Crippen LogP) is 0.894. The molecule has 0 aromatic heterocycles. The number of hydrogen-bond acceptors (Lipinski definition) is 2. The maximum atomic E-state index is 11.3. The Hall–Kier alpha value is -1.51. The molecule has 0 aliphatic heterocycles. The lowest BCUT2D eigenvalue weighted by Crippen LogP contribution is -2.21. The van der Waals surface area contributed by atoms with Crippen LogP contribution in [0.2, 0.25) is 0 Å². The van der Waals surface area contributed by atoms with E-state index in [-0.39, 0.29) is 11.7 Å². The van der Waals surface area contributed by atoms with Gasteiger partial charge in [-0.15, -0.1) is 0 Å². The standard InChI is InChI=1S/C9H10NO2/c1-10(2)9(12)7-4-3-5-8(11)6-7/h4-6,11H,1-2H3. The van der Waals surface area contributed by atoms with Crippen LogP contribution in [0.4, 0.5) is 0 Å². The van der Waals surface area contributed by atoms with Gasteiger partial charge in [0.25, 0.3) is 5.91 Å². The van der Waals surface area contributed by atoms with E-state index in [2.05, 4.69) is 6.07 Å². The summed E-state index contributed by atoms with van der Waals surface area (Å²) >= 11 is 0. The fourth-order valence-corrected chi connectivity index (χ4v) is 0.841. The summed E-state index contributed by atoms with van der Waals surface area (Å²) in [5.74, 6) is -0.0788. The number of hydrogen-bond donors (Lipinski definition) is 1. The summed E-state index contributed by atoms with van der Waals surface area (Å²) in [6.07, 6.45) is 0. The number of carbonyl (C=O) groups excluding carboxylic acids is 1. The summed E-state index contributed by atoms with van der Waals surface area (Å²) in [6, 6.07) is 7.04. The molecule has 0 fully saturated rings. The minimum atomic E-state index is -0.137. The number of amides is 1. The number of phenols is 1. The molecular weight excluding hydrogens is 154 g/mol. The molecule has 1 aromatic rings. The van der Waals surface area contributed by atoms with Crippen LogP contribution in [0.5, 0.6) is 5.75 Å². The van der Waals surface area contributed by atoms with Gasteiger partial charge in [0, 0.05) is 19.7 Å². The van der Waals surface area contributed by atoms with Gasteiger partial charge >= 0.3 is 0 Å². The minimum absolute atomic E-state index is 0.0581. The fraction of sp³-hybridized carbons (Fsp3) is 0.222. The molecule has 0 saturated heterocycles. The fourth-order valence-electron chi connectivity index (χ4n) is 0.841. The first-order valence-corrected chi connectivity index (χ1v) is 3.53. The summed E-state index contributed by atoms with van der Waals surface area (Å²) < 4.78 is 0. The van der Waals surface area contributed by atoms with Crippen molar-refractivity contribution in [3.05, 3.63) is 29.8 Å². The summed E-state index contributed by atoms with van der Waals surface area (Å²) in [7, 11) is 3.32. The number of aromatic hydroxyl groups is 1. The van der Waals surface area contributed by atoms with Crippen LogP contribution < -0.4 is 0 Å². The van der Waals surface area contributed by atoms with E-state index >= 15 is 0 Å². The first kappa shape index (κ1) is 8.59. The molecule has 3 nitrogen and oxygen atoms in total. The molecule has 0 aliphatic carbocycles. The van der Waals surface area contributed by atoms with Crippen molar-refractivity contribution in [2.45, 2.75) is 0 Å². The van der Waals surface area contributed by atoms with Gasteiger partial charge in [0.2, 0.25) is 0 Å². The molecule has 1 rings (SSSR count). The third kappa shape index (κ3) is 1.75. The Bertz CT molecular complexity index is 294. The molecule has 0 aliphatic rings. The molecule has 1 aromatic carbocycles. The number of phenolic OH excluding ortho intramolecular Hbond substituents is 1. The zero-order valence-corrected chi connectivity index (χ0v) is 7.03. The van der Waals surface area contributed by atoms with E-state index in [4.69, 9.17) is 5.11 Å². The molecule has 0 bridgehead atoms. The molecule has 12 heavy (non-hydrogen) atoms. The van der Waals surface area contributed by atoms with Crippen molar-refractivity contribution in [3.63, 3.8) is 0 Å². The summed E-state index contributed by atoms with van der Waals surface area (Å²) in [4.78, 5) is 12.7. The van der Waals surface area contributed by atoms with Crippen molar-refractivity contribution < 1.29 is 9.90 Å². The molecule has 0 spiro atoms. The van der Waals surface area contributed by atoms with Crippen LogP contribution in [0.3, 0.4) is 0 Å². The highest BCUT2D eigenvalue weighted by Crippen LogP contribution is 2.11. The lowest BCUT2D eigenvalue weighted by Gasteiger charge is -2.09. The Kier molecular flexibility index (Phi) is 2.33. The lowest BCUT2D eigenvalue weighted by atomic mass is 10.2. The van der Waals surface area contributed by atoms with Crippen LogP contribution in [0.25, 0.3) is 0 Å². The van der Waals surface area contributed by atoms with E-state index in [1.165, 1.54) is 17.0 Å². The Morgan fingerprint density at radius 1 is 1.50 bits per heavy atom. The smallest absolute Gasteiger partial charge is 0.253 e. The molecule has 3 heteroatoms. The van der Waals surface area contributed by atoms with Crippen LogP contribution in [-0.2, 0) is 0 Å². The van der Waals surface area contributed by atoms with Gasteiger partial charge in [0.05, 0.1) is 0 Å². The second kappa shape index (κ2) is 3.26. The highest BCUT2D eigenvalue weighted by atomic mass is 16.3. The van der Waals surface area contributed by atoms with Gasteiger partial charge in [-0.1, -0.05) is 0 Å². The van der Waals surface area contributed by atoms with Gasteiger partial charge in [0.15, 0.2) is 0 Å². The average Bonchev–Trinajstić information content (AvgIpc) is 2.03. The van der Waals surface area contributed by atoms with Crippen molar-refractivity contribution in [2.75, 3.05) is 14.1 Å². The van der Waals surface area contributed by atoms with Crippen LogP contribution in [0.1, 0.15) is 10.4 Å². The molecule has 63 valence electrons. The molecule has 1 radical (unpaired) electrons. The van der Waals surface area contributed by atoms with E-state index < -0.39 is 0 Å².